The van der Waals surface area contributed by atoms with Gasteiger partial charge in [-0.1, -0.05) is 63.6 Å². The summed E-state index contributed by atoms with van der Waals surface area (Å²) < 4.78 is 2.12. The van der Waals surface area contributed by atoms with E-state index < -0.39 is 0 Å². The predicted molar refractivity (Wildman–Crippen MR) is 153 cm³/mol. The number of nitrogens with zero attached hydrogens (tertiary/aromatic N) is 3. The highest BCUT2D eigenvalue weighted by atomic mass is 16.3. The van der Waals surface area contributed by atoms with Crippen LogP contribution in [0.3, 0.4) is 0 Å². The van der Waals surface area contributed by atoms with E-state index in [9.17, 15) is 5.11 Å². The van der Waals surface area contributed by atoms with Crippen LogP contribution in [-0.4, -0.2) is 34.3 Å². The number of fused-ring (bicyclic) bond motifs is 6. The Morgan fingerprint density at radius 3 is 2.44 bits per heavy atom. The first-order valence-electron chi connectivity index (χ1n) is 14.2. The van der Waals surface area contributed by atoms with Crippen molar-refractivity contribution >= 4 is 22.7 Å². The maximum Gasteiger partial charge on any atom is 0.0929 e. The van der Waals surface area contributed by atoms with Gasteiger partial charge in [0.2, 0.25) is 0 Å². The van der Waals surface area contributed by atoms with E-state index in [0.29, 0.717) is 5.41 Å². The molecule has 196 valence electrons. The summed E-state index contributed by atoms with van der Waals surface area (Å²) in [5.74, 6) is 2.27. The molecule has 36 heavy (non-hydrogen) atoms. The van der Waals surface area contributed by atoms with E-state index in [4.69, 9.17) is 5.10 Å². The molecule has 4 heteroatoms. The van der Waals surface area contributed by atoms with Gasteiger partial charge in [0.1, 0.15) is 0 Å². The molecule has 4 aliphatic carbocycles. The molecule has 0 saturated heterocycles. The van der Waals surface area contributed by atoms with Gasteiger partial charge in [-0.3, -0.25) is 4.68 Å². The maximum atomic E-state index is 10.2. The Morgan fingerprint density at radius 2 is 1.72 bits per heavy atom. The van der Waals surface area contributed by atoms with Crippen molar-refractivity contribution in [3.8, 4) is 0 Å². The number of aliphatic imine (C=N–C) groups is 1. The van der Waals surface area contributed by atoms with Gasteiger partial charge in [0.05, 0.1) is 17.3 Å². The fourth-order valence-corrected chi connectivity index (χ4v) is 8.04. The van der Waals surface area contributed by atoms with Crippen molar-refractivity contribution in [1.29, 1.82) is 0 Å². The molecular weight excluding hydrogens is 442 g/mol. The number of aliphatic hydroxyl groups excluding tert-OH is 1. The topological polar surface area (TPSA) is 50.4 Å². The van der Waals surface area contributed by atoms with Gasteiger partial charge in [0.25, 0.3) is 0 Å². The number of aliphatic hydroxyl groups is 1. The first-order valence-corrected chi connectivity index (χ1v) is 14.2. The molecule has 2 saturated carbocycles. The first-order chi connectivity index (χ1) is 17.3. The van der Waals surface area contributed by atoms with Crippen molar-refractivity contribution in [3.63, 3.8) is 0 Å². The van der Waals surface area contributed by atoms with Gasteiger partial charge in [0, 0.05) is 19.5 Å². The molecule has 1 heterocycles. The second kappa shape index (κ2) is 10.7. The molecule has 2 fully saturated rings. The number of rotatable bonds is 1. The molecule has 0 spiro atoms. The molecular formula is C32H47N3O. The largest absolute Gasteiger partial charge is 0.393 e. The summed E-state index contributed by atoms with van der Waals surface area (Å²) in [7, 11) is 3.86. The normalized spacial score (nSPS) is 34.9. The van der Waals surface area contributed by atoms with Crippen LogP contribution in [0.5, 0.6) is 0 Å². The summed E-state index contributed by atoms with van der Waals surface area (Å²) in [5, 5.41) is 16.4. The minimum Gasteiger partial charge on any atom is -0.393 e. The van der Waals surface area contributed by atoms with Gasteiger partial charge in [0.15, 0.2) is 0 Å². The molecule has 4 nitrogen and oxygen atoms in total. The second-order valence-corrected chi connectivity index (χ2v) is 11.5. The van der Waals surface area contributed by atoms with Crippen LogP contribution in [0, 0.1) is 28.6 Å². The van der Waals surface area contributed by atoms with Crippen molar-refractivity contribution in [2.24, 2.45) is 40.6 Å². The van der Waals surface area contributed by atoms with Crippen LogP contribution in [0.4, 0.5) is 0 Å². The summed E-state index contributed by atoms with van der Waals surface area (Å²) in [6.07, 6.45) is 14.8. The fourth-order valence-electron chi connectivity index (χ4n) is 8.04. The summed E-state index contributed by atoms with van der Waals surface area (Å²) >= 11 is 0. The summed E-state index contributed by atoms with van der Waals surface area (Å²) in [6.45, 7) is 10.9. The number of benzene rings is 1. The van der Waals surface area contributed by atoms with Crippen LogP contribution < -0.4 is 0 Å². The third-order valence-electron chi connectivity index (χ3n) is 9.91. The highest BCUT2D eigenvalue weighted by Gasteiger charge is 2.57. The Labute approximate surface area is 218 Å². The van der Waals surface area contributed by atoms with Gasteiger partial charge in [-0.15, -0.1) is 0 Å². The Balaban J connectivity index is 0.000000465. The summed E-state index contributed by atoms with van der Waals surface area (Å²) in [5.41, 5.74) is 6.11. The number of aryl methyl sites for hydroxylation is 1. The highest BCUT2D eigenvalue weighted by molar-refractivity contribution is 5.92. The quantitative estimate of drug-likeness (QED) is 0.331. The van der Waals surface area contributed by atoms with E-state index in [1.807, 2.05) is 20.8 Å². The van der Waals surface area contributed by atoms with E-state index in [1.165, 1.54) is 36.8 Å². The summed E-state index contributed by atoms with van der Waals surface area (Å²) in [6, 6.07) is 8.61. The minimum atomic E-state index is -0.118. The van der Waals surface area contributed by atoms with Crippen molar-refractivity contribution in [2.75, 3.05) is 7.05 Å². The van der Waals surface area contributed by atoms with E-state index >= 15 is 0 Å². The standard InChI is InChI=1S/C27H34N2O.C3H7N.C2H6/c1-26-14-12-18(30)16-17(26)8-9-19-21-10-11-23(27(21,2)15-13-22(19)26)25-20-6-4-5-7-24(20)28-29(25)3;1-3-4-2;1-2/h4-8,11,18-19,21-22,30H,9-10,12-16H2,1-3H3;3H,1-2H3;1-2H3/t18-,19?,21?,22?,26?,27-;;/m0../s1. The van der Waals surface area contributed by atoms with Gasteiger partial charge in [-0.05, 0) is 98.3 Å². The van der Waals surface area contributed by atoms with Crippen molar-refractivity contribution in [1.82, 2.24) is 9.78 Å². The number of hydrogen-bond donors (Lipinski definition) is 1. The molecule has 4 unspecified atom stereocenters. The molecule has 1 aromatic carbocycles. The molecule has 4 aliphatic rings. The summed E-state index contributed by atoms with van der Waals surface area (Å²) in [4.78, 5) is 3.61. The lowest BCUT2D eigenvalue weighted by molar-refractivity contribution is -0.0239. The molecule has 0 radical (unpaired) electrons. The molecule has 0 amide bonds. The predicted octanol–water partition coefficient (Wildman–Crippen LogP) is 7.62. The lowest BCUT2D eigenvalue weighted by atomic mass is 9.47. The number of aromatic nitrogens is 2. The Morgan fingerprint density at radius 1 is 1.03 bits per heavy atom. The average molecular weight is 490 g/mol. The van der Waals surface area contributed by atoms with Gasteiger partial charge >= 0.3 is 0 Å². The number of hydrogen-bond acceptors (Lipinski definition) is 3. The van der Waals surface area contributed by atoms with Crippen LogP contribution in [0.1, 0.15) is 85.3 Å². The van der Waals surface area contributed by atoms with E-state index in [-0.39, 0.29) is 11.5 Å². The van der Waals surface area contributed by atoms with Gasteiger partial charge in [-0.25, -0.2) is 0 Å². The van der Waals surface area contributed by atoms with E-state index in [1.54, 1.807) is 24.4 Å². The fraction of sp³-hybridized carbons (Fsp3) is 0.625. The molecule has 0 bridgehead atoms. The van der Waals surface area contributed by atoms with Crippen LogP contribution in [0.25, 0.3) is 16.5 Å². The van der Waals surface area contributed by atoms with Crippen LogP contribution >= 0.6 is 0 Å². The maximum absolute atomic E-state index is 10.2. The lowest BCUT2D eigenvalue weighted by Gasteiger charge is -2.57. The van der Waals surface area contributed by atoms with Crippen LogP contribution in [0.15, 0.2) is 47.0 Å². The third kappa shape index (κ3) is 4.30. The van der Waals surface area contributed by atoms with Crippen LogP contribution in [-0.2, 0) is 7.05 Å². The Bertz CT molecular complexity index is 1150. The Kier molecular flexibility index (Phi) is 7.95. The third-order valence-corrected chi connectivity index (χ3v) is 9.91. The molecule has 1 N–H and O–H groups in total. The smallest absolute Gasteiger partial charge is 0.0929 e. The van der Waals surface area contributed by atoms with Crippen molar-refractivity contribution < 1.29 is 5.11 Å². The molecule has 6 atom stereocenters. The zero-order valence-corrected chi connectivity index (χ0v) is 23.6. The zero-order valence-electron chi connectivity index (χ0n) is 23.6. The molecule has 1 aromatic heterocycles. The first kappa shape index (κ1) is 26.9. The lowest BCUT2D eigenvalue weighted by Crippen LogP contribution is -2.49. The molecule has 2 aromatic rings. The second-order valence-electron chi connectivity index (χ2n) is 11.5. The van der Waals surface area contributed by atoms with E-state index in [0.717, 1.165) is 42.5 Å². The van der Waals surface area contributed by atoms with Crippen molar-refractivity contribution in [3.05, 3.63) is 47.7 Å². The SMILES string of the molecule is CC.CC=NC.Cn1nc2ccccc2c1C1=CCC2C3CC=C4C[C@@H](O)CCC4(C)C3CC[C@]12C. The zero-order chi connectivity index (χ0) is 26.1. The molecule has 0 aliphatic heterocycles. The van der Waals surface area contributed by atoms with E-state index in [2.05, 4.69) is 67.0 Å². The highest BCUT2D eigenvalue weighted by Crippen LogP contribution is 2.66. The molecule has 6 rings (SSSR count). The van der Waals surface area contributed by atoms with Gasteiger partial charge in [-0.2, -0.15) is 5.10 Å². The number of allylic oxidation sites excluding steroid dienone is 3. The average Bonchev–Trinajstić information content (AvgIpc) is 3.41. The van der Waals surface area contributed by atoms with Crippen molar-refractivity contribution in [2.45, 2.75) is 85.7 Å². The minimum absolute atomic E-state index is 0.118. The van der Waals surface area contributed by atoms with Gasteiger partial charge < -0.3 is 10.1 Å². The Hall–Kier alpha value is -2.20. The van der Waals surface area contributed by atoms with Crippen LogP contribution in [0.2, 0.25) is 0 Å². The monoisotopic (exact) mass is 489 g/mol.